The molecule has 0 spiro atoms. The molecule has 1 fully saturated rings. The predicted molar refractivity (Wildman–Crippen MR) is 92.3 cm³/mol. The molecular formula is C17H23N3O5. The smallest absolute Gasteiger partial charge is 0.310 e. The molecule has 0 radical (unpaired) electrons. The number of aryl methyl sites for hydroxylation is 1. The van der Waals surface area contributed by atoms with Gasteiger partial charge in [-0.15, -0.1) is 0 Å². The van der Waals surface area contributed by atoms with Crippen molar-refractivity contribution >= 4 is 23.3 Å². The summed E-state index contributed by atoms with van der Waals surface area (Å²) in [6.07, 6.45) is 1.56. The predicted octanol–water partition coefficient (Wildman–Crippen LogP) is 2.12. The van der Waals surface area contributed by atoms with Gasteiger partial charge < -0.3 is 10.1 Å². The summed E-state index contributed by atoms with van der Waals surface area (Å²) < 4.78 is 5.04. The average molecular weight is 349 g/mol. The molecule has 136 valence electrons. The number of hydrogen-bond acceptors (Lipinski definition) is 6. The SMILES string of the molecule is CCOC(=O)C1CCCN(CC(=O)Nc2ccc(C)cc2[N+](=O)[O-])C1. The Morgan fingerprint density at radius 2 is 2.20 bits per heavy atom. The molecule has 1 aliphatic heterocycles. The second-order valence-corrected chi connectivity index (χ2v) is 6.15. The minimum Gasteiger partial charge on any atom is -0.466 e. The zero-order valence-electron chi connectivity index (χ0n) is 14.5. The van der Waals surface area contributed by atoms with E-state index in [1.807, 2.05) is 4.90 Å². The van der Waals surface area contributed by atoms with E-state index in [0.29, 0.717) is 19.7 Å². The van der Waals surface area contributed by atoms with Gasteiger partial charge in [0.2, 0.25) is 5.91 Å². The Morgan fingerprint density at radius 1 is 1.44 bits per heavy atom. The molecule has 8 heteroatoms. The number of nitro groups is 1. The van der Waals surface area contributed by atoms with Crippen LogP contribution in [0.25, 0.3) is 0 Å². The van der Waals surface area contributed by atoms with Crippen molar-refractivity contribution in [3.05, 3.63) is 33.9 Å². The molecule has 1 unspecified atom stereocenters. The first kappa shape index (κ1) is 18.9. The number of nitrogens with one attached hydrogen (secondary N) is 1. The van der Waals surface area contributed by atoms with Crippen molar-refractivity contribution in [3.63, 3.8) is 0 Å². The molecule has 1 aromatic rings. The second kappa shape index (κ2) is 8.57. The average Bonchev–Trinajstić information content (AvgIpc) is 2.56. The van der Waals surface area contributed by atoms with Crippen LogP contribution in [-0.2, 0) is 14.3 Å². The number of benzene rings is 1. The van der Waals surface area contributed by atoms with Crippen LogP contribution in [-0.4, -0.2) is 47.9 Å². The monoisotopic (exact) mass is 349 g/mol. The highest BCUT2D eigenvalue weighted by Crippen LogP contribution is 2.25. The van der Waals surface area contributed by atoms with Crippen LogP contribution in [0.15, 0.2) is 18.2 Å². The van der Waals surface area contributed by atoms with Gasteiger partial charge in [-0.25, -0.2) is 0 Å². The van der Waals surface area contributed by atoms with E-state index in [-0.39, 0.29) is 35.7 Å². The molecule has 1 N–H and O–H groups in total. The number of nitrogens with zero attached hydrogens (tertiary/aromatic N) is 2. The van der Waals surface area contributed by atoms with Crippen molar-refractivity contribution in [2.24, 2.45) is 5.92 Å². The summed E-state index contributed by atoms with van der Waals surface area (Å²) in [6.45, 7) is 5.11. The normalized spacial score (nSPS) is 17.8. The van der Waals surface area contributed by atoms with Crippen molar-refractivity contribution in [1.82, 2.24) is 4.90 Å². The number of rotatable bonds is 6. The van der Waals surface area contributed by atoms with Crippen molar-refractivity contribution in [2.45, 2.75) is 26.7 Å². The molecule has 25 heavy (non-hydrogen) atoms. The van der Waals surface area contributed by atoms with Gasteiger partial charge in [0.1, 0.15) is 5.69 Å². The number of piperidine rings is 1. The number of carbonyl (C=O) groups is 2. The molecule has 1 amide bonds. The van der Waals surface area contributed by atoms with Crippen LogP contribution in [0.1, 0.15) is 25.3 Å². The first-order valence-electron chi connectivity index (χ1n) is 8.34. The van der Waals surface area contributed by atoms with Crippen molar-refractivity contribution in [1.29, 1.82) is 0 Å². The summed E-state index contributed by atoms with van der Waals surface area (Å²) in [7, 11) is 0. The topological polar surface area (TPSA) is 102 Å². The van der Waals surface area contributed by atoms with E-state index in [1.165, 1.54) is 12.1 Å². The second-order valence-electron chi connectivity index (χ2n) is 6.15. The largest absolute Gasteiger partial charge is 0.466 e. The number of anilines is 1. The minimum atomic E-state index is -0.514. The van der Waals surface area contributed by atoms with Gasteiger partial charge in [-0.2, -0.15) is 0 Å². The number of ether oxygens (including phenoxy) is 1. The molecule has 1 aromatic carbocycles. The minimum absolute atomic E-state index is 0.0843. The van der Waals surface area contributed by atoms with Crippen LogP contribution < -0.4 is 5.32 Å². The number of esters is 1. The van der Waals surface area contributed by atoms with Gasteiger partial charge >= 0.3 is 5.97 Å². The summed E-state index contributed by atoms with van der Waals surface area (Å²) in [5.41, 5.74) is 0.800. The Kier molecular flexibility index (Phi) is 6.46. The molecule has 0 bridgehead atoms. The molecule has 0 saturated carbocycles. The summed E-state index contributed by atoms with van der Waals surface area (Å²) >= 11 is 0. The lowest BCUT2D eigenvalue weighted by Gasteiger charge is -2.30. The van der Waals surface area contributed by atoms with Crippen molar-refractivity contribution in [3.8, 4) is 0 Å². The zero-order valence-corrected chi connectivity index (χ0v) is 14.5. The fourth-order valence-electron chi connectivity index (χ4n) is 2.94. The molecule has 0 aliphatic carbocycles. The fourth-order valence-corrected chi connectivity index (χ4v) is 2.94. The highest BCUT2D eigenvalue weighted by atomic mass is 16.6. The van der Waals surface area contributed by atoms with Gasteiger partial charge in [-0.3, -0.25) is 24.6 Å². The van der Waals surface area contributed by atoms with E-state index in [0.717, 1.165) is 18.4 Å². The van der Waals surface area contributed by atoms with Crippen LogP contribution in [0.5, 0.6) is 0 Å². The lowest BCUT2D eigenvalue weighted by Crippen LogP contribution is -2.43. The Bertz CT molecular complexity index is 662. The van der Waals surface area contributed by atoms with Gasteiger partial charge in [0.15, 0.2) is 0 Å². The maximum absolute atomic E-state index is 12.3. The third-order valence-electron chi connectivity index (χ3n) is 4.12. The Labute approximate surface area is 146 Å². The number of likely N-dealkylation sites (tertiary alicyclic amines) is 1. The molecule has 1 atom stereocenters. The first-order chi connectivity index (χ1) is 11.9. The van der Waals surface area contributed by atoms with Gasteiger partial charge in [0.25, 0.3) is 5.69 Å². The number of amides is 1. The highest BCUT2D eigenvalue weighted by molar-refractivity contribution is 5.94. The van der Waals surface area contributed by atoms with Crippen LogP contribution in [0.4, 0.5) is 11.4 Å². The van der Waals surface area contributed by atoms with E-state index >= 15 is 0 Å². The fraction of sp³-hybridized carbons (Fsp3) is 0.529. The number of nitro benzene ring substituents is 1. The third-order valence-corrected chi connectivity index (χ3v) is 4.12. The standard InChI is InChI=1S/C17H23N3O5/c1-3-25-17(22)13-5-4-8-19(10-13)11-16(21)18-14-7-6-12(2)9-15(14)20(23)24/h6-7,9,13H,3-5,8,10-11H2,1-2H3,(H,18,21). The van der Waals surface area contributed by atoms with Crippen LogP contribution in [0.3, 0.4) is 0 Å². The molecule has 1 aliphatic rings. The summed E-state index contributed by atoms with van der Waals surface area (Å²) in [6, 6.07) is 4.66. The highest BCUT2D eigenvalue weighted by Gasteiger charge is 2.28. The third kappa shape index (κ3) is 5.25. The molecule has 8 nitrogen and oxygen atoms in total. The molecule has 0 aromatic heterocycles. The first-order valence-corrected chi connectivity index (χ1v) is 8.34. The van der Waals surface area contributed by atoms with Crippen LogP contribution in [0, 0.1) is 23.0 Å². The van der Waals surface area contributed by atoms with E-state index in [4.69, 9.17) is 4.74 Å². The number of carbonyl (C=O) groups excluding carboxylic acids is 2. The maximum Gasteiger partial charge on any atom is 0.310 e. The molecule has 1 heterocycles. The maximum atomic E-state index is 12.3. The van der Waals surface area contributed by atoms with E-state index < -0.39 is 4.92 Å². The van der Waals surface area contributed by atoms with E-state index in [1.54, 1.807) is 19.9 Å². The Balaban J connectivity index is 1.96. The van der Waals surface area contributed by atoms with Crippen molar-refractivity contribution < 1.29 is 19.2 Å². The lowest BCUT2D eigenvalue weighted by atomic mass is 9.98. The molecular weight excluding hydrogens is 326 g/mol. The van der Waals surface area contributed by atoms with E-state index in [2.05, 4.69) is 5.32 Å². The van der Waals surface area contributed by atoms with Gasteiger partial charge in [0, 0.05) is 12.6 Å². The van der Waals surface area contributed by atoms with Gasteiger partial charge in [0.05, 0.1) is 24.0 Å². The van der Waals surface area contributed by atoms with Crippen LogP contribution in [0.2, 0.25) is 0 Å². The Morgan fingerprint density at radius 3 is 2.88 bits per heavy atom. The van der Waals surface area contributed by atoms with Crippen LogP contribution >= 0.6 is 0 Å². The Hall–Kier alpha value is -2.48. The van der Waals surface area contributed by atoms with E-state index in [9.17, 15) is 19.7 Å². The van der Waals surface area contributed by atoms with Crippen molar-refractivity contribution in [2.75, 3.05) is 31.6 Å². The summed E-state index contributed by atoms with van der Waals surface area (Å²) in [5, 5.41) is 13.7. The summed E-state index contributed by atoms with van der Waals surface area (Å²) in [5.74, 6) is -0.798. The quantitative estimate of drug-likeness (QED) is 0.479. The zero-order chi connectivity index (χ0) is 18.4. The summed E-state index contributed by atoms with van der Waals surface area (Å²) in [4.78, 5) is 36.6. The van der Waals surface area contributed by atoms with Gasteiger partial charge in [-0.05, 0) is 44.9 Å². The number of hydrogen-bond donors (Lipinski definition) is 1. The lowest BCUT2D eigenvalue weighted by molar-refractivity contribution is -0.384. The molecule has 2 rings (SSSR count). The molecule has 1 saturated heterocycles. The van der Waals surface area contributed by atoms with Gasteiger partial charge in [-0.1, -0.05) is 6.07 Å².